The fourth-order valence-corrected chi connectivity index (χ4v) is 3.09. The fraction of sp³-hybridized carbons (Fsp3) is 0.357. The SMILES string of the molecule is O=C(NCC1(c2ccncc2)CC1)c1scnc1C(F)(F)F. The molecule has 0 atom stereocenters. The average Bonchev–Trinajstić information content (AvgIpc) is 3.10. The molecule has 1 N–H and O–H groups in total. The Morgan fingerprint density at radius 3 is 2.59 bits per heavy atom. The van der Waals surface area contributed by atoms with Crippen LogP contribution in [0.5, 0.6) is 0 Å². The second kappa shape index (κ2) is 5.35. The second-order valence-electron chi connectivity index (χ2n) is 5.23. The van der Waals surface area contributed by atoms with Gasteiger partial charge in [0.25, 0.3) is 5.91 Å². The Kier molecular flexibility index (Phi) is 3.64. The number of aromatic nitrogens is 2. The molecule has 0 spiro atoms. The molecule has 1 aliphatic rings. The van der Waals surface area contributed by atoms with Crippen LogP contribution in [0, 0.1) is 0 Å². The highest BCUT2D eigenvalue weighted by Crippen LogP contribution is 2.47. The molecular weight excluding hydrogens is 315 g/mol. The smallest absolute Gasteiger partial charge is 0.350 e. The number of amides is 1. The van der Waals surface area contributed by atoms with Crippen LogP contribution >= 0.6 is 11.3 Å². The summed E-state index contributed by atoms with van der Waals surface area (Å²) in [6.07, 6.45) is 0.512. The Balaban J connectivity index is 1.70. The van der Waals surface area contributed by atoms with Crippen LogP contribution in [0.3, 0.4) is 0 Å². The lowest BCUT2D eigenvalue weighted by molar-refractivity contribution is -0.141. The van der Waals surface area contributed by atoms with Gasteiger partial charge in [-0.3, -0.25) is 9.78 Å². The van der Waals surface area contributed by atoms with Gasteiger partial charge < -0.3 is 5.32 Å². The number of carbonyl (C=O) groups is 1. The minimum Gasteiger partial charge on any atom is -0.350 e. The van der Waals surface area contributed by atoms with Gasteiger partial charge in [0.1, 0.15) is 4.88 Å². The Hall–Kier alpha value is -1.96. The molecule has 1 fully saturated rings. The molecule has 1 saturated carbocycles. The quantitative estimate of drug-likeness (QED) is 0.939. The van der Waals surface area contributed by atoms with Gasteiger partial charge in [0.05, 0.1) is 5.51 Å². The first kappa shape index (κ1) is 15.0. The number of rotatable bonds is 4. The van der Waals surface area contributed by atoms with Gasteiger partial charge in [0.2, 0.25) is 0 Å². The monoisotopic (exact) mass is 327 g/mol. The standard InChI is InChI=1S/C14H12F3N3OS/c15-14(16,17)11-10(22-8-20-11)12(21)19-7-13(3-4-13)9-1-5-18-6-2-9/h1-2,5-6,8H,3-4,7H2,(H,19,21). The maximum absolute atomic E-state index is 12.8. The number of hydrogen-bond donors (Lipinski definition) is 1. The van der Waals surface area contributed by atoms with Crippen molar-refractivity contribution in [3.8, 4) is 0 Å². The van der Waals surface area contributed by atoms with E-state index in [0.29, 0.717) is 17.9 Å². The van der Waals surface area contributed by atoms with Crippen LogP contribution in [0.4, 0.5) is 13.2 Å². The van der Waals surface area contributed by atoms with Crippen molar-refractivity contribution in [3.63, 3.8) is 0 Å². The van der Waals surface area contributed by atoms with Crippen LogP contribution in [0.1, 0.15) is 33.8 Å². The average molecular weight is 327 g/mol. The third-order valence-electron chi connectivity index (χ3n) is 3.78. The van der Waals surface area contributed by atoms with Crippen molar-refractivity contribution in [1.29, 1.82) is 0 Å². The summed E-state index contributed by atoms with van der Waals surface area (Å²) in [5.41, 5.74) is 0.779. The predicted octanol–water partition coefficient (Wildman–Crippen LogP) is 3.02. The first-order valence-corrected chi connectivity index (χ1v) is 7.50. The molecule has 0 radical (unpaired) electrons. The van der Waals surface area contributed by atoms with Crippen molar-refractivity contribution in [1.82, 2.24) is 15.3 Å². The zero-order valence-electron chi connectivity index (χ0n) is 11.4. The number of nitrogens with zero attached hydrogens (tertiary/aromatic N) is 2. The van der Waals surface area contributed by atoms with Crippen LogP contribution in [-0.2, 0) is 11.6 Å². The van der Waals surface area contributed by atoms with Crippen LogP contribution in [0.25, 0.3) is 0 Å². The molecule has 0 saturated heterocycles. The number of pyridine rings is 1. The Morgan fingerprint density at radius 1 is 1.32 bits per heavy atom. The molecule has 1 amide bonds. The lowest BCUT2D eigenvalue weighted by Gasteiger charge is -2.16. The molecule has 116 valence electrons. The van der Waals surface area contributed by atoms with E-state index in [2.05, 4.69) is 15.3 Å². The fourth-order valence-electron chi connectivity index (χ4n) is 2.36. The minimum absolute atomic E-state index is 0.179. The first-order valence-electron chi connectivity index (χ1n) is 6.62. The molecule has 4 nitrogen and oxygen atoms in total. The van der Waals surface area contributed by atoms with Gasteiger partial charge in [-0.1, -0.05) is 0 Å². The highest BCUT2D eigenvalue weighted by molar-refractivity contribution is 7.11. The number of halogens is 3. The largest absolute Gasteiger partial charge is 0.434 e. The summed E-state index contributed by atoms with van der Waals surface area (Å²) in [5.74, 6) is -0.727. The summed E-state index contributed by atoms with van der Waals surface area (Å²) in [7, 11) is 0. The molecule has 8 heteroatoms. The van der Waals surface area contributed by atoms with Gasteiger partial charge in [0.15, 0.2) is 5.69 Å². The van der Waals surface area contributed by atoms with Crippen LogP contribution < -0.4 is 5.32 Å². The summed E-state index contributed by atoms with van der Waals surface area (Å²) in [6.45, 7) is 0.311. The zero-order valence-corrected chi connectivity index (χ0v) is 12.2. The molecule has 22 heavy (non-hydrogen) atoms. The van der Waals surface area contributed by atoms with E-state index in [9.17, 15) is 18.0 Å². The Morgan fingerprint density at radius 2 is 2.00 bits per heavy atom. The second-order valence-corrected chi connectivity index (χ2v) is 6.08. The van der Waals surface area contributed by atoms with Crippen LogP contribution in [0.15, 0.2) is 30.0 Å². The molecule has 1 aliphatic carbocycles. The van der Waals surface area contributed by atoms with E-state index in [0.717, 1.165) is 23.9 Å². The molecule has 3 rings (SSSR count). The molecule has 2 aromatic rings. The van der Waals surface area contributed by atoms with Crippen molar-refractivity contribution >= 4 is 17.2 Å². The maximum atomic E-state index is 12.8. The number of alkyl halides is 3. The van der Waals surface area contributed by atoms with Gasteiger partial charge in [-0.15, -0.1) is 11.3 Å². The van der Waals surface area contributed by atoms with Gasteiger partial charge in [0, 0.05) is 24.4 Å². The topological polar surface area (TPSA) is 54.9 Å². The summed E-state index contributed by atoms with van der Waals surface area (Å²) >= 11 is 0.698. The molecule has 0 aromatic carbocycles. The van der Waals surface area contributed by atoms with E-state index in [1.165, 1.54) is 0 Å². The summed E-state index contributed by atoms with van der Waals surface area (Å²) in [4.78, 5) is 18.8. The number of thiazole rings is 1. The normalized spacial score (nSPS) is 16.3. The molecule has 0 aliphatic heterocycles. The summed E-state index contributed by atoms with van der Waals surface area (Å²) in [5, 5.41) is 2.61. The first-order chi connectivity index (χ1) is 10.4. The highest BCUT2D eigenvalue weighted by Gasteiger charge is 2.45. The number of nitrogens with one attached hydrogen (secondary N) is 1. The number of hydrogen-bond acceptors (Lipinski definition) is 4. The van der Waals surface area contributed by atoms with Gasteiger partial charge in [-0.25, -0.2) is 4.98 Å². The third kappa shape index (κ3) is 2.83. The van der Waals surface area contributed by atoms with Crippen molar-refractivity contribution < 1.29 is 18.0 Å². The van der Waals surface area contributed by atoms with Crippen molar-refractivity contribution in [2.75, 3.05) is 6.54 Å². The van der Waals surface area contributed by atoms with E-state index >= 15 is 0 Å². The molecule has 2 aromatic heterocycles. The van der Waals surface area contributed by atoms with Gasteiger partial charge in [-0.2, -0.15) is 13.2 Å². The lowest BCUT2D eigenvalue weighted by atomic mass is 9.97. The van der Waals surface area contributed by atoms with Crippen LogP contribution in [-0.4, -0.2) is 22.4 Å². The zero-order chi connectivity index (χ0) is 15.8. The summed E-state index contributed by atoms with van der Waals surface area (Å²) < 4.78 is 38.3. The minimum atomic E-state index is -4.62. The van der Waals surface area contributed by atoms with Crippen LogP contribution in [0.2, 0.25) is 0 Å². The van der Waals surface area contributed by atoms with Crippen molar-refractivity contribution in [2.45, 2.75) is 24.4 Å². The molecule has 0 bridgehead atoms. The predicted molar refractivity (Wildman–Crippen MR) is 74.6 cm³/mol. The van der Waals surface area contributed by atoms with E-state index in [4.69, 9.17) is 0 Å². The number of carbonyl (C=O) groups excluding carboxylic acids is 1. The van der Waals surface area contributed by atoms with E-state index < -0.39 is 22.7 Å². The third-order valence-corrected chi connectivity index (χ3v) is 4.60. The van der Waals surface area contributed by atoms with E-state index in [-0.39, 0.29) is 5.41 Å². The van der Waals surface area contributed by atoms with E-state index in [1.807, 2.05) is 12.1 Å². The van der Waals surface area contributed by atoms with Crippen molar-refractivity contribution in [2.24, 2.45) is 0 Å². The lowest BCUT2D eigenvalue weighted by Crippen LogP contribution is -2.32. The Bertz CT molecular complexity index is 680. The van der Waals surface area contributed by atoms with Gasteiger partial charge in [-0.05, 0) is 30.5 Å². The molecular formula is C14H12F3N3OS. The molecule has 0 unspecified atom stereocenters. The highest BCUT2D eigenvalue weighted by atomic mass is 32.1. The van der Waals surface area contributed by atoms with Gasteiger partial charge >= 0.3 is 6.18 Å². The molecule has 2 heterocycles. The Labute approximate surface area is 128 Å². The summed E-state index contributed by atoms with van der Waals surface area (Å²) in [6, 6.07) is 3.74. The maximum Gasteiger partial charge on any atom is 0.434 e. The van der Waals surface area contributed by atoms with Crippen molar-refractivity contribution in [3.05, 3.63) is 46.2 Å². The van der Waals surface area contributed by atoms with E-state index in [1.54, 1.807) is 12.4 Å².